The minimum atomic E-state index is 0.133. The van der Waals surface area contributed by atoms with Crippen molar-refractivity contribution < 1.29 is 9.53 Å². The van der Waals surface area contributed by atoms with Crippen molar-refractivity contribution >= 4 is 34.3 Å². The van der Waals surface area contributed by atoms with E-state index in [4.69, 9.17) is 4.74 Å². The average molecular weight is 416 g/mol. The van der Waals surface area contributed by atoms with Gasteiger partial charge in [-0.1, -0.05) is 55.1 Å². The van der Waals surface area contributed by atoms with Crippen molar-refractivity contribution in [3.63, 3.8) is 0 Å². The van der Waals surface area contributed by atoms with Gasteiger partial charge < -0.3 is 9.64 Å². The summed E-state index contributed by atoms with van der Waals surface area (Å²) in [5, 5.41) is 0.133. The van der Waals surface area contributed by atoms with Gasteiger partial charge in [-0.2, -0.15) is 11.8 Å². The summed E-state index contributed by atoms with van der Waals surface area (Å²) in [5.74, 6) is 3.58. The van der Waals surface area contributed by atoms with Crippen LogP contribution in [0.15, 0.2) is 66.4 Å². The number of hydrogen-bond donors (Lipinski definition) is 0. The van der Waals surface area contributed by atoms with Crippen LogP contribution in [0.4, 0.5) is 5.69 Å². The standard InChI is InChI=1S/C23H29NO2S2/c1-4-24(20-13-15-21(26-3)16-14-20)22(23(25)28-5-2)12-9-17-27-18-19-10-7-6-8-11-19/h6-8,10-16H,4-5,9,17-18H2,1-3H3/b22-12+. The summed E-state index contributed by atoms with van der Waals surface area (Å²) >= 11 is 3.26. The summed E-state index contributed by atoms with van der Waals surface area (Å²) in [4.78, 5) is 14.8. The number of hydrogen-bond acceptors (Lipinski definition) is 5. The fourth-order valence-corrected chi connectivity index (χ4v) is 4.27. The van der Waals surface area contributed by atoms with Gasteiger partial charge in [-0.25, -0.2) is 0 Å². The van der Waals surface area contributed by atoms with E-state index in [1.54, 1.807) is 7.11 Å². The van der Waals surface area contributed by atoms with Crippen LogP contribution in [0.5, 0.6) is 5.75 Å². The third-order valence-electron chi connectivity index (χ3n) is 4.19. The van der Waals surface area contributed by atoms with Gasteiger partial charge in [0.25, 0.3) is 0 Å². The number of likely N-dealkylation sites (N-methyl/N-ethyl adjacent to an activating group) is 1. The van der Waals surface area contributed by atoms with Crippen LogP contribution in [-0.4, -0.2) is 30.3 Å². The topological polar surface area (TPSA) is 29.5 Å². The zero-order valence-electron chi connectivity index (χ0n) is 16.9. The van der Waals surface area contributed by atoms with Gasteiger partial charge in [-0.3, -0.25) is 4.79 Å². The maximum Gasteiger partial charge on any atom is 0.235 e. The molecule has 28 heavy (non-hydrogen) atoms. The predicted octanol–water partition coefficient (Wildman–Crippen LogP) is 6.01. The van der Waals surface area contributed by atoms with Crippen LogP contribution < -0.4 is 9.64 Å². The lowest BCUT2D eigenvalue weighted by molar-refractivity contribution is -0.108. The van der Waals surface area contributed by atoms with Crippen LogP contribution in [0.2, 0.25) is 0 Å². The average Bonchev–Trinajstić information content (AvgIpc) is 2.74. The lowest BCUT2D eigenvalue weighted by atomic mass is 10.2. The second-order valence-electron chi connectivity index (χ2n) is 6.08. The normalized spacial score (nSPS) is 11.3. The highest BCUT2D eigenvalue weighted by atomic mass is 32.2. The molecule has 2 aromatic rings. The molecule has 2 rings (SSSR count). The van der Waals surface area contributed by atoms with Crippen molar-refractivity contribution in [2.45, 2.75) is 26.0 Å². The van der Waals surface area contributed by atoms with Gasteiger partial charge in [-0.15, -0.1) is 0 Å². The van der Waals surface area contributed by atoms with Crippen molar-refractivity contribution in [2.24, 2.45) is 0 Å². The molecule has 0 amide bonds. The number of allylic oxidation sites excluding steroid dienone is 1. The Labute approximate surface area is 177 Å². The van der Waals surface area contributed by atoms with E-state index in [9.17, 15) is 4.79 Å². The van der Waals surface area contributed by atoms with Crippen LogP contribution in [0.25, 0.3) is 0 Å². The van der Waals surface area contributed by atoms with Crippen molar-refractivity contribution in [3.05, 3.63) is 71.9 Å². The maximum absolute atomic E-state index is 12.7. The molecule has 5 heteroatoms. The van der Waals surface area contributed by atoms with E-state index in [1.165, 1.54) is 17.3 Å². The summed E-state index contributed by atoms with van der Waals surface area (Å²) in [5.41, 5.74) is 3.12. The zero-order chi connectivity index (χ0) is 20.2. The largest absolute Gasteiger partial charge is 0.497 e. The smallest absolute Gasteiger partial charge is 0.235 e. The second kappa shape index (κ2) is 12.6. The Kier molecular flexibility index (Phi) is 10.1. The first-order valence-corrected chi connectivity index (χ1v) is 11.7. The minimum absolute atomic E-state index is 0.133. The molecular weight excluding hydrogens is 386 g/mol. The molecule has 3 nitrogen and oxygen atoms in total. The highest BCUT2D eigenvalue weighted by molar-refractivity contribution is 8.14. The highest BCUT2D eigenvalue weighted by Crippen LogP contribution is 2.26. The molecule has 0 aliphatic heterocycles. The molecule has 0 bridgehead atoms. The molecule has 0 aromatic heterocycles. The molecule has 0 fully saturated rings. The predicted molar refractivity (Wildman–Crippen MR) is 124 cm³/mol. The molecule has 0 atom stereocenters. The third kappa shape index (κ3) is 6.95. The van der Waals surface area contributed by atoms with Gasteiger partial charge in [0.2, 0.25) is 5.12 Å². The Balaban J connectivity index is 2.05. The van der Waals surface area contributed by atoms with E-state index in [0.717, 1.165) is 47.4 Å². The van der Waals surface area contributed by atoms with E-state index < -0.39 is 0 Å². The van der Waals surface area contributed by atoms with Crippen LogP contribution in [0.1, 0.15) is 25.8 Å². The Morgan fingerprint density at radius 3 is 2.39 bits per heavy atom. The Bertz CT molecular complexity index is 745. The number of benzene rings is 2. The van der Waals surface area contributed by atoms with Gasteiger partial charge in [-0.05, 0) is 54.7 Å². The summed E-state index contributed by atoms with van der Waals surface area (Å²) in [6, 6.07) is 18.4. The van der Waals surface area contributed by atoms with Gasteiger partial charge in [0.1, 0.15) is 5.75 Å². The summed E-state index contributed by atoms with van der Waals surface area (Å²) in [7, 11) is 1.66. The third-order valence-corrected chi connectivity index (χ3v) is 6.01. The molecular formula is C23H29NO2S2. The molecule has 0 spiro atoms. The Hall–Kier alpha value is -1.85. The number of anilines is 1. The number of carbonyl (C=O) groups is 1. The quantitative estimate of drug-likeness (QED) is 0.331. The van der Waals surface area contributed by atoms with E-state index in [2.05, 4.69) is 42.2 Å². The van der Waals surface area contributed by atoms with Crippen molar-refractivity contribution in [1.29, 1.82) is 0 Å². The maximum atomic E-state index is 12.7. The number of rotatable bonds is 11. The van der Waals surface area contributed by atoms with Crippen molar-refractivity contribution in [3.8, 4) is 5.75 Å². The van der Waals surface area contributed by atoms with E-state index in [1.807, 2.05) is 49.0 Å². The summed E-state index contributed by atoms with van der Waals surface area (Å²) in [6.45, 7) is 4.83. The van der Waals surface area contributed by atoms with Crippen LogP contribution in [0.3, 0.4) is 0 Å². The van der Waals surface area contributed by atoms with Gasteiger partial charge >= 0.3 is 0 Å². The number of ether oxygens (including phenoxy) is 1. The number of thioether (sulfide) groups is 2. The highest BCUT2D eigenvalue weighted by Gasteiger charge is 2.17. The monoisotopic (exact) mass is 415 g/mol. The Morgan fingerprint density at radius 1 is 1.07 bits per heavy atom. The second-order valence-corrected chi connectivity index (χ2v) is 8.42. The Morgan fingerprint density at radius 2 is 1.79 bits per heavy atom. The van der Waals surface area contributed by atoms with Crippen molar-refractivity contribution in [2.75, 3.05) is 30.1 Å². The van der Waals surface area contributed by atoms with E-state index in [-0.39, 0.29) is 5.12 Å². The number of nitrogens with zero attached hydrogens (tertiary/aromatic N) is 1. The first-order valence-electron chi connectivity index (χ1n) is 9.60. The molecule has 0 unspecified atom stereocenters. The summed E-state index contributed by atoms with van der Waals surface area (Å²) in [6.07, 6.45) is 2.96. The fraction of sp³-hybridized carbons (Fsp3) is 0.348. The molecule has 0 saturated carbocycles. The lowest BCUT2D eigenvalue weighted by Crippen LogP contribution is -2.26. The zero-order valence-corrected chi connectivity index (χ0v) is 18.5. The molecule has 0 heterocycles. The van der Waals surface area contributed by atoms with Crippen molar-refractivity contribution in [1.82, 2.24) is 0 Å². The lowest BCUT2D eigenvalue weighted by Gasteiger charge is -2.25. The van der Waals surface area contributed by atoms with E-state index in [0.29, 0.717) is 0 Å². The van der Waals surface area contributed by atoms with Gasteiger partial charge in [0.05, 0.1) is 12.8 Å². The molecule has 2 aromatic carbocycles. The SMILES string of the molecule is CCSC(=O)/C(=C\CCSCc1ccccc1)N(CC)c1ccc(OC)cc1. The first kappa shape index (κ1) is 22.4. The number of carbonyl (C=O) groups excluding carboxylic acids is 1. The van der Waals surface area contributed by atoms with Crippen LogP contribution in [-0.2, 0) is 10.5 Å². The fourth-order valence-electron chi connectivity index (χ4n) is 2.81. The first-order chi connectivity index (χ1) is 13.7. The van der Waals surface area contributed by atoms with Gasteiger partial charge in [0.15, 0.2) is 0 Å². The molecule has 0 saturated heterocycles. The molecule has 0 aliphatic carbocycles. The molecule has 0 aliphatic rings. The molecule has 150 valence electrons. The minimum Gasteiger partial charge on any atom is -0.497 e. The van der Waals surface area contributed by atoms with Gasteiger partial charge in [0, 0.05) is 18.0 Å². The molecule has 0 N–H and O–H groups in total. The molecule has 0 radical (unpaired) electrons. The summed E-state index contributed by atoms with van der Waals surface area (Å²) < 4.78 is 5.25. The number of methoxy groups -OCH3 is 1. The van der Waals surface area contributed by atoms with Crippen LogP contribution in [0, 0.1) is 0 Å². The van der Waals surface area contributed by atoms with Crippen LogP contribution >= 0.6 is 23.5 Å². The van der Waals surface area contributed by atoms with E-state index >= 15 is 0 Å².